The van der Waals surface area contributed by atoms with Crippen LogP contribution in [0.4, 0.5) is 18.9 Å². The van der Waals surface area contributed by atoms with E-state index < -0.39 is 23.7 Å². The van der Waals surface area contributed by atoms with Gasteiger partial charge in [0.15, 0.2) is 0 Å². The number of nitrogens with two attached hydrogens (primary N) is 1. The van der Waals surface area contributed by atoms with Crippen molar-refractivity contribution in [2.75, 3.05) is 5.32 Å². The Labute approximate surface area is 130 Å². The van der Waals surface area contributed by atoms with Gasteiger partial charge in [0.2, 0.25) is 11.8 Å². The number of anilines is 1. The second kappa shape index (κ2) is 6.97. The minimum atomic E-state index is -4.52. The van der Waals surface area contributed by atoms with E-state index >= 15 is 0 Å². The average Bonchev–Trinajstić information content (AvgIpc) is 2.84. The van der Waals surface area contributed by atoms with Crippen molar-refractivity contribution in [3.8, 4) is 0 Å². The third kappa shape index (κ3) is 4.35. The zero-order valence-electron chi connectivity index (χ0n) is 11.4. The molecule has 0 spiro atoms. The number of rotatable bonds is 3. The minimum absolute atomic E-state index is 0. The number of carbonyl (C=O) groups is 2. The first-order valence-corrected chi connectivity index (χ1v) is 6.31. The van der Waals surface area contributed by atoms with Crippen LogP contribution in [0.5, 0.6) is 0 Å². The molecule has 1 aromatic rings. The van der Waals surface area contributed by atoms with Crippen LogP contribution in [0.3, 0.4) is 0 Å². The summed E-state index contributed by atoms with van der Waals surface area (Å²) in [6, 6.07) is 2.44. The van der Waals surface area contributed by atoms with Gasteiger partial charge in [-0.25, -0.2) is 0 Å². The highest BCUT2D eigenvalue weighted by molar-refractivity contribution is 5.99. The molecule has 1 fully saturated rings. The second-order valence-corrected chi connectivity index (χ2v) is 4.77. The third-order valence-corrected chi connectivity index (χ3v) is 3.14. The number of nitrogens with one attached hydrogen (secondary N) is 2. The maximum atomic E-state index is 12.8. The molecule has 2 rings (SSSR count). The van der Waals surface area contributed by atoms with Crippen LogP contribution < -0.4 is 16.4 Å². The second-order valence-electron chi connectivity index (χ2n) is 4.77. The lowest BCUT2D eigenvalue weighted by Crippen LogP contribution is -2.37. The van der Waals surface area contributed by atoms with Crippen LogP contribution in [-0.4, -0.2) is 17.9 Å². The molecule has 122 valence electrons. The molecule has 22 heavy (non-hydrogen) atoms. The van der Waals surface area contributed by atoms with Crippen LogP contribution in [-0.2, 0) is 22.3 Å². The van der Waals surface area contributed by atoms with Crippen LogP contribution >= 0.6 is 12.4 Å². The Morgan fingerprint density at radius 1 is 1.36 bits per heavy atom. The summed E-state index contributed by atoms with van der Waals surface area (Å²) in [5.41, 5.74) is 4.76. The molecule has 0 aliphatic carbocycles. The summed E-state index contributed by atoms with van der Waals surface area (Å²) in [6.45, 7) is -0.0764. The lowest BCUT2D eigenvalue weighted by atomic mass is 10.1. The molecule has 0 aromatic heterocycles. The highest BCUT2D eigenvalue weighted by Gasteiger charge is 2.32. The van der Waals surface area contributed by atoms with Gasteiger partial charge in [0.25, 0.3) is 0 Å². The maximum Gasteiger partial charge on any atom is 0.416 e. The van der Waals surface area contributed by atoms with Gasteiger partial charge in [0.05, 0.1) is 5.56 Å². The van der Waals surface area contributed by atoms with Crippen molar-refractivity contribution in [1.29, 1.82) is 0 Å². The Balaban J connectivity index is 0.00000242. The number of carbonyl (C=O) groups excluding carboxylic acids is 2. The van der Waals surface area contributed by atoms with Gasteiger partial charge < -0.3 is 16.4 Å². The van der Waals surface area contributed by atoms with E-state index in [1.807, 2.05) is 0 Å². The molecule has 2 amide bonds. The molecule has 9 heteroatoms. The number of benzene rings is 1. The molecule has 5 nitrogen and oxygen atoms in total. The molecule has 0 unspecified atom stereocenters. The van der Waals surface area contributed by atoms with Gasteiger partial charge in [-0.05, 0) is 30.2 Å². The first-order valence-electron chi connectivity index (χ1n) is 6.31. The molecule has 0 bridgehead atoms. The highest BCUT2D eigenvalue weighted by Crippen LogP contribution is 2.32. The minimum Gasteiger partial charge on any atom is -0.344 e. The quantitative estimate of drug-likeness (QED) is 0.786. The first-order chi connectivity index (χ1) is 9.79. The summed E-state index contributed by atoms with van der Waals surface area (Å²) in [4.78, 5) is 22.9. The van der Waals surface area contributed by atoms with Crippen molar-refractivity contribution in [3.05, 3.63) is 29.3 Å². The summed E-state index contributed by atoms with van der Waals surface area (Å²) in [5.74, 6) is -0.787. The molecule has 1 aliphatic rings. The van der Waals surface area contributed by atoms with E-state index in [0.29, 0.717) is 6.42 Å². The molecular weight excluding hydrogens is 323 g/mol. The first kappa shape index (κ1) is 18.2. The lowest BCUT2D eigenvalue weighted by Gasteiger charge is -2.14. The molecule has 1 atom stereocenters. The lowest BCUT2D eigenvalue weighted by molar-refractivity contribution is -0.137. The summed E-state index contributed by atoms with van der Waals surface area (Å²) >= 11 is 0. The molecule has 0 radical (unpaired) electrons. The average molecular weight is 338 g/mol. The van der Waals surface area contributed by atoms with Crippen LogP contribution in [0.25, 0.3) is 0 Å². The fourth-order valence-electron chi connectivity index (χ4n) is 2.09. The molecule has 1 aliphatic heterocycles. The number of hydrogen-bond donors (Lipinski definition) is 3. The molecular formula is C13H15ClF3N3O2. The van der Waals surface area contributed by atoms with Gasteiger partial charge in [-0.15, -0.1) is 12.4 Å². The topological polar surface area (TPSA) is 84.2 Å². The summed E-state index contributed by atoms with van der Waals surface area (Å²) < 4.78 is 38.3. The largest absolute Gasteiger partial charge is 0.416 e. The molecule has 1 heterocycles. The van der Waals surface area contributed by atoms with Crippen molar-refractivity contribution in [1.82, 2.24) is 5.32 Å². The van der Waals surface area contributed by atoms with Gasteiger partial charge in [-0.3, -0.25) is 9.59 Å². The number of halogens is 4. The summed E-state index contributed by atoms with van der Waals surface area (Å²) in [6.07, 6.45) is -3.96. The third-order valence-electron chi connectivity index (χ3n) is 3.14. The standard InChI is InChI=1S/C13H14F3N3O2.ClH/c14-13(15,16)8-3-7(6-17)4-9(5-8)18-12(21)10-1-2-11(20)19-10;/h3-5,10H,1-2,6,17H2,(H,18,21)(H,19,20);1H/t10-;/m1./s1. The summed E-state index contributed by atoms with van der Waals surface area (Å²) in [5, 5.41) is 4.83. The van der Waals surface area contributed by atoms with Crippen LogP contribution in [0.15, 0.2) is 18.2 Å². The Hall–Kier alpha value is -1.80. The number of amides is 2. The van der Waals surface area contributed by atoms with Gasteiger partial charge in [-0.1, -0.05) is 0 Å². The zero-order valence-corrected chi connectivity index (χ0v) is 12.2. The Kier molecular flexibility index (Phi) is 5.78. The van der Waals surface area contributed by atoms with E-state index in [9.17, 15) is 22.8 Å². The summed E-state index contributed by atoms with van der Waals surface area (Å²) in [7, 11) is 0. The van der Waals surface area contributed by atoms with Crippen molar-refractivity contribution < 1.29 is 22.8 Å². The van der Waals surface area contributed by atoms with Crippen LogP contribution in [0, 0.1) is 0 Å². The number of alkyl halides is 3. The van der Waals surface area contributed by atoms with E-state index in [0.717, 1.165) is 12.1 Å². The van der Waals surface area contributed by atoms with E-state index in [2.05, 4.69) is 10.6 Å². The van der Waals surface area contributed by atoms with E-state index in [-0.39, 0.29) is 42.5 Å². The van der Waals surface area contributed by atoms with Crippen molar-refractivity contribution in [2.45, 2.75) is 31.6 Å². The Morgan fingerprint density at radius 3 is 2.55 bits per heavy atom. The van der Waals surface area contributed by atoms with Crippen molar-refractivity contribution >= 4 is 29.9 Å². The smallest absolute Gasteiger partial charge is 0.344 e. The van der Waals surface area contributed by atoms with Gasteiger partial charge in [0, 0.05) is 18.7 Å². The fourth-order valence-corrected chi connectivity index (χ4v) is 2.09. The number of hydrogen-bond acceptors (Lipinski definition) is 3. The van der Waals surface area contributed by atoms with Crippen LogP contribution in [0.1, 0.15) is 24.0 Å². The maximum absolute atomic E-state index is 12.8. The molecule has 1 aromatic carbocycles. The monoisotopic (exact) mass is 337 g/mol. The van der Waals surface area contributed by atoms with E-state index in [1.54, 1.807) is 0 Å². The predicted octanol–water partition coefficient (Wildman–Crippen LogP) is 1.80. The van der Waals surface area contributed by atoms with Gasteiger partial charge in [-0.2, -0.15) is 13.2 Å². The SMILES string of the molecule is Cl.NCc1cc(NC(=O)[C@H]2CCC(=O)N2)cc(C(F)(F)F)c1. The van der Waals surface area contributed by atoms with Gasteiger partial charge in [0.1, 0.15) is 6.04 Å². The van der Waals surface area contributed by atoms with Gasteiger partial charge >= 0.3 is 6.18 Å². The zero-order chi connectivity index (χ0) is 15.6. The Morgan fingerprint density at radius 2 is 2.05 bits per heavy atom. The fraction of sp³-hybridized carbons (Fsp3) is 0.385. The van der Waals surface area contributed by atoms with E-state index in [1.165, 1.54) is 6.07 Å². The van der Waals surface area contributed by atoms with Crippen molar-refractivity contribution in [3.63, 3.8) is 0 Å². The predicted molar refractivity (Wildman–Crippen MR) is 76.4 cm³/mol. The highest BCUT2D eigenvalue weighted by atomic mass is 35.5. The normalized spacial score (nSPS) is 17.6. The van der Waals surface area contributed by atoms with E-state index in [4.69, 9.17) is 5.73 Å². The molecule has 1 saturated heterocycles. The van der Waals surface area contributed by atoms with Crippen LogP contribution in [0.2, 0.25) is 0 Å². The Bertz CT molecular complexity index is 578. The molecule has 0 saturated carbocycles. The molecule has 4 N–H and O–H groups in total. The van der Waals surface area contributed by atoms with Crippen molar-refractivity contribution in [2.24, 2.45) is 5.73 Å².